The zero-order valence-electron chi connectivity index (χ0n) is 15.0. The molecule has 0 saturated carbocycles. The zero-order valence-corrected chi connectivity index (χ0v) is 15.8. The summed E-state index contributed by atoms with van der Waals surface area (Å²) in [5, 5.41) is 1.81. The molecule has 0 fully saturated rings. The van der Waals surface area contributed by atoms with Crippen molar-refractivity contribution in [3.63, 3.8) is 0 Å². The van der Waals surface area contributed by atoms with Gasteiger partial charge in [-0.05, 0) is 44.2 Å². The molecular formula is C22H18N2O2S. The number of fused-ring (bicyclic) bond motifs is 5. The summed E-state index contributed by atoms with van der Waals surface area (Å²) < 4.78 is 28.7. The van der Waals surface area contributed by atoms with E-state index in [1.807, 2.05) is 68.4 Å². The molecule has 3 aromatic carbocycles. The Bertz CT molecular complexity index is 1440. The molecule has 0 unspecified atom stereocenters. The Labute approximate surface area is 157 Å². The Kier molecular flexibility index (Phi) is 3.27. The predicted molar refractivity (Wildman–Crippen MR) is 110 cm³/mol. The molecule has 2 heterocycles. The van der Waals surface area contributed by atoms with Crippen LogP contribution >= 0.6 is 0 Å². The third-order valence-electron chi connectivity index (χ3n) is 5.08. The summed E-state index contributed by atoms with van der Waals surface area (Å²) in [5.41, 5.74) is 5.29. The fourth-order valence-electron chi connectivity index (χ4n) is 3.75. The van der Waals surface area contributed by atoms with Gasteiger partial charge in [0, 0.05) is 16.3 Å². The maximum absolute atomic E-state index is 13.6. The Morgan fingerprint density at radius 1 is 0.815 bits per heavy atom. The second-order valence-corrected chi connectivity index (χ2v) is 8.78. The predicted octanol–water partition coefficient (Wildman–Crippen LogP) is 5.13. The molecule has 1 N–H and O–H groups in total. The second-order valence-electron chi connectivity index (χ2n) is 7.00. The minimum Gasteiger partial charge on any atom is -0.353 e. The van der Waals surface area contributed by atoms with Gasteiger partial charge in [0.25, 0.3) is 10.0 Å². The third kappa shape index (κ3) is 2.25. The van der Waals surface area contributed by atoms with Crippen LogP contribution in [0, 0.1) is 13.8 Å². The molecule has 0 spiro atoms. The molecule has 0 saturated heterocycles. The first-order valence-corrected chi connectivity index (χ1v) is 10.2. The monoisotopic (exact) mass is 374 g/mol. The average molecular weight is 374 g/mol. The molecule has 134 valence electrons. The van der Waals surface area contributed by atoms with Gasteiger partial charge in [0.05, 0.1) is 21.4 Å². The number of benzene rings is 3. The number of para-hydroxylation sites is 1. The molecule has 0 aliphatic carbocycles. The van der Waals surface area contributed by atoms with E-state index < -0.39 is 10.0 Å². The fraction of sp³-hybridized carbons (Fsp3) is 0.0909. The summed E-state index contributed by atoms with van der Waals surface area (Å²) in [6, 6.07) is 20.7. The lowest BCUT2D eigenvalue weighted by molar-refractivity contribution is 0.590. The summed E-state index contributed by atoms with van der Waals surface area (Å²) in [6.45, 7) is 3.96. The van der Waals surface area contributed by atoms with Gasteiger partial charge in [-0.1, -0.05) is 47.5 Å². The van der Waals surface area contributed by atoms with Crippen LogP contribution in [-0.2, 0) is 10.0 Å². The highest BCUT2D eigenvalue weighted by Crippen LogP contribution is 2.37. The number of aromatic nitrogens is 2. The largest absolute Gasteiger partial charge is 0.353 e. The van der Waals surface area contributed by atoms with E-state index in [9.17, 15) is 8.42 Å². The van der Waals surface area contributed by atoms with E-state index in [0.29, 0.717) is 11.0 Å². The fourth-order valence-corrected chi connectivity index (χ4v) is 5.28. The molecule has 0 aliphatic rings. The molecule has 4 nitrogen and oxygen atoms in total. The SMILES string of the molecule is Cc1ccc(S(=O)(=O)n2c3ccccc3c3[nH]c4ccc(C)cc4c32)cc1. The van der Waals surface area contributed by atoms with Gasteiger partial charge in [-0.25, -0.2) is 12.4 Å². The Balaban J connectivity index is 1.99. The maximum atomic E-state index is 13.6. The van der Waals surface area contributed by atoms with Crippen molar-refractivity contribution in [1.29, 1.82) is 0 Å². The molecule has 5 aromatic rings. The number of aryl methyl sites for hydroxylation is 2. The van der Waals surface area contributed by atoms with Gasteiger partial charge < -0.3 is 4.98 Å². The summed E-state index contributed by atoms with van der Waals surface area (Å²) in [4.78, 5) is 3.71. The van der Waals surface area contributed by atoms with Crippen LogP contribution in [0.5, 0.6) is 0 Å². The molecule has 2 aromatic heterocycles. The quantitative estimate of drug-likeness (QED) is 0.466. The van der Waals surface area contributed by atoms with Crippen LogP contribution in [0.15, 0.2) is 71.6 Å². The van der Waals surface area contributed by atoms with Crippen molar-refractivity contribution in [3.05, 3.63) is 77.9 Å². The average Bonchev–Trinajstić information content (AvgIpc) is 3.17. The standard InChI is InChI=1S/C22H18N2O2S/c1-14-7-10-16(11-8-14)27(25,26)24-20-6-4-3-5-17(20)21-22(24)18-13-15(2)9-12-19(18)23-21/h3-13,23H,1-2H3. The summed E-state index contributed by atoms with van der Waals surface area (Å²) in [5.74, 6) is 0. The van der Waals surface area contributed by atoms with Crippen molar-refractivity contribution in [2.24, 2.45) is 0 Å². The van der Waals surface area contributed by atoms with Crippen molar-refractivity contribution < 1.29 is 8.42 Å². The van der Waals surface area contributed by atoms with Gasteiger partial charge in [0.1, 0.15) is 0 Å². The minimum atomic E-state index is -3.74. The van der Waals surface area contributed by atoms with E-state index in [4.69, 9.17) is 0 Å². The van der Waals surface area contributed by atoms with Crippen molar-refractivity contribution in [3.8, 4) is 0 Å². The van der Waals surface area contributed by atoms with Crippen molar-refractivity contribution in [1.82, 2.24) is 8.96 Å². The molecule has 5 rings (SSSR count). The summed E-state index contributed by atoms with van der Waals surface area (Å²) in [6.07, 6.45) is 0. The van der Waals surface area contributed by atoms with E-state index in [0.717, 1.165) is 32.9 Å². The second kappa shape index (κ2) is 5.47. The normalized spacial score (nSPS) is 12.4. The van der Waals surface area contributed by atoms with E-state index in [1.54, 1.807) is 12.1 Å². The smallest absolute Gasteiger partial charge is 0.268 e. The highest BCUT2D eigenvalue weighted by Gasteiger charge is 2.25. The molecule has 0 atom stereocenters. The lowest BCUT2D eigenvalue weighted by Crippen LogP contribution is -2.12. The lowest BCUT2D eigenvalue weighted by Gasteiger charge is -2.10. The van der Waals surface area contributed by atoms with Crippen molar-refractivity contribution >= 4 is 42.9 Å². The molecule has 27 heavy (non-hydrogen) atoms. The van der Waals surface area contributed by atoms with Gasteiger partial charge in [-0.2, -0.15) is 0 Å². The first-order valence-electron chi connectivity index (χ1n) is 8.80. The molecule has 0 bridgehead atoms. The number of H-pyrrole nitrogens is 1. The van der Waals surface area contributed by atoms with Crippen LogP contribution in [-0.4, -0.2) is 17.4 Å². The van der Waals surface area contributed by atoms with Crippen LogP contribution in [0.4, 0.5) is 0 Å². The van der Waals surface area contributed by atoms with E-state index >= 15 is 0 Å². The summed E-state index contributed by atoms with van der Waals surface area (Å²) in [7, 11) is -3.74. The maximum Gasteiger partial charge on any atom is 0.268 e. The van der Waals surface area contributed by atoms with Crippen molar-refractivity contribution in [2.75, 3.05) is 0 Å². The molecule has 5 heteroatoms. The number of hydrogen-bond donors (Lipinski definition) is 1. The number of nitrogens with one attached hydrogen (secondary N) is 1. The highest BCUT2D eigenvalue weighted by atomic mass is 32.2. The van der Waals surface area contributed by atoms with Crippen molar-refractivity contribution in [2.45, 2.75) is 18.7 Å². The third-order valence-corrected chi connectivity index (χ3v) is 6.81. The van der Waals surface area contributed by atoms with Crippen LogP contribution in [0.1, 0.15) is 11.1 Å². The van der Waals surface area contributed by atoms with Gasteiger partial charge in [0.2, 0.25) is 0 Å². The Morgan fingerprint density at radius 2 is 1.52 bits per heavy atom. The first kappa shape index (κ1) is 16.1. The van der Waals surface area contributed by atoms with Gasteiger partial charge in [-0.15, -0.1) is 0 Å². The number of rotatable bonds is 2. The first-order chi connectivity index (χ1) is 13.0. The van der Waals surface area contributed by atoms with Gasteiger partial charge in [-0.3, -0.25) is 0 Å². The topological polar surface area (TPSA) is 54.9 Å². The summed E-state index contributed by atoms with van der Waals surface area (Å²) >= 11 is 0. The molecule has 0 amide bonds. The van der Waals surface area contributed by atoms with Gasteiger partial charge >= 0.3 is 0 Å². The lowest BCUT2D eigenvalue weighted by atomic mass is 10.2. The van der Waals surface area contributed by atoms with Crippen LogP contribution in [0.3, 0.4) is 0 Å². The van der Waals surface area contributed by atoms with E-state index in [2.05, 4.69) is 4.98 Å². The highest BCUT2D eigenvalue weighted by molar-refractivity contribution is 7.90. The number of hydrogen-bond acceptors (Lipinski definition) is 2. The van der Waals surface area contributed by atoms with Gasteiger partial charge in [0.15, 0.2) is 0 Å². The van der Waals surface area contributed by atoms with Crippen LogP contribution in [0.25, 0.3) is 32.8 Å². The van der Waals surface area contributed by atoms with Crippen LogP contribution < -0.4 is 0 Å². The number of nitrogens with zero attached hydrogens (tertiary/aromatic N) is 1. The number of aromatic amines is 1. The van der Waals surface area contributed by atoms with Crippen LogP contribution in [0.2, 0.25) is 0 Å². The minimum absolute atomic E-state index is 0.290. The van der Waals surface area contributed by atoms with E-state index in [1.165, 1.54) is 3.97 Å². The Morgan fingerprint density at radius 3 is 2.30 bits per heavy atom. The Hall–Kier alpha value is -3.05. The zero-order chi connectivity index (χ0) is 18.8. The van der Waals surface area contributed by atoms with E-state index in [-0.39, 0.29) is 4.90 Å². The molecular weight excluding hydrogens is 356 g/mol. The molecule has 0 radical (unpaired) electrons. The molecule has 0 aliphatic heterocycles.